The second-order valence-electron chi connectivity index (χ2n) is 5.16. The minimum absolute atomic E-state index is 0.0431. The minimum atomic E-state index is -0.131. The highest BCUT2D eigenvalue weighted by Crippen LogP contribution is 2.32. The number of carbonyl (C=O) groups excluding carboxylic acids is 1. The lowest BCUT2D eigenvalue weighted by molar-refractivity contribution is 0.195. The molecule has 0 radical (unpaired) electrons. The summed E-state index contributed by atoms with van der Waals surface area (Å²) in [6.07, 6.45) is 1.85. The highest BCUT2D eigenvalue weighted by molar-refractivity contribution is 6.30. The van der Waals surface area contributed by atoms with Gasteiger partial charge in [-0.15, -0.1) is 0 Å². The molecule has 0 spiro atoms. The van der Waals surface area contributed by atoms with Crippen LogP contribution in [0.2, 0.25) is 5.02 Å². The third kappa shape index (κ3) is 3.03. The van der Waals surface area contributed by atoms with Crippen molar-refractivity contribution in [3.63, 3.8) is 0 Å². The van der Waals surface area contributed by atoms with Crippen LogP contribution in [0.4, 0.5) is 10.5 Å². The van der Waals surface area contributed by atoms with Crippen molar-refractivity contribution < 1.29 is 9.32 Å². The molecule has 1 aromatic carbocycles. The van der Waals surface area contributed by atoms with Gasteiger partial charge in [-0.1, -0.05) is 16.8 Å². The van der Waals surface area contributed by atoms with Crippen molar-refractivity contribution in [3.05, 3.63) is 46.8 Å². The molecule has 1 aliphatic heterocycles. The van der Waals surface area contributed by atoms with Crippen molar-refractivity contribution in [2.75, 3.05) is 11.9 Å². The molecule has 0 bridgehead atoms. The number of nitrogens with zero attached hydrogens (tertiary/aromatic N) is 2. The van der Waals surface area contributed by atoms with Crippen molar-refractivity contribution in [2.24, 2.45) is 0 Å². The van der Waals surface area contributed by atoms with Crippen LogP contribution in [-0.2, 0) is 0 Å². The predicted molar refractivity (Wildman–Crippen MR) is 80.4 cm³/mol. The van der Waals surface area contributed by atoms with E-state index in [-0.39, 0.29) is 12.1 Å². The standard InChI is InChI=1S/C15H16ClN3O2/c1-10-9-14(21-18-10)13-3-2-8-19(13)15(20)17-12-6-4-11(16)5-7-12/h4-7,9,13H,2-3,8H2,1H3,(H,17,20)/t13-/m1/s1. The molecule has 1 aromatic heterocycles. The summed E-state index contributed by atoms with van der Waals surface area (Å²) in [5.74, 6) is 0.747. The van der Waals surface area contributed by atoms with Crippen LogP contribution >= 0.6 is 11.6 Å². The number of halogens is 1. The van der Waals surface area contributed by atoms with Crippen molar-refractivity contribution in [2.45, 2.75) is 25.8 Å². The number of benzene rings is 1. The summed E-state index contributed by atoms with van der Waals surface area (Å²) in [6, 6.07) is 8.77. The number of hydrogen-bond acceptors (Lipinski definition) is 3. The van der Waals surface area contributed by atoms with E-state index in [9.17, 15) is 4.79 Å². The number of anilines is 1. The van der Waals surface area contributed by atoms with E-state index >= 15 is 0 Å². The average molecular weight is 306 g/mol. The van der Waals surface area contributed by atoms with Crippen molar-refractivity contribution in [1.82, 2.24) is 10.1 Å². The van der Waals surface area contributed by atoms with Gasteiger partial charge in [-0.2, -0.15) is 0 Å². The Bertz CT molecular complexity index is 639. The SMILES string of the molecule is Cc1cc([C@H]2CCCN2C(=O)Nc2ccc(Cl)cc2)on1. The van der Waals surface area contributed by atoms with E-state index in [1.54, 1.807) is 29.2 Å². The lowest BCUT2D eigenvalue weighted by atomic mass is 10.1. The maximum atomic E-state index is 12.4. The monoisotopic (exact) mass is 305 g/mol. The summed E-state index contributed by atoms with van der Waals surface area (Å²) in [6.45, 7) is 2.59. The first-order valence-corrected chi connectivity index (χ1v) is 7.28. The summed E-state index contributed by atoms with van der Waals surface area (Å²) in [5, 5.41) is 7.43. The third-order valence-electron chi connectivity index (χ3n) is 3.58. The number of likely N-dealkylation sites (tertiary alicyclic amines) is 1. The first-order chi connectivity index (χ1) is 10.1. The van der Waals surface area contributed by atoms with Gasteiger partial charge in [0.05, 0.1) is 11.7 Å². The van der Waals surface area contributed by atoms with E-state index < -0.39 is 0 Å². The van der Waals surface area contributed by atoms with Crippen molar-refractivity contribution >= 4 is 23.3 Å². The van der Waals surface area contributed by atoms with Crippen LogP contribution in [0.15, 0.2) is 34.9 Å². The van der Waals surface area contributed by atoms with Gasteiger partial charge in [0.15, 0.2) is 5.76 Å². The molecule has 3 rings (SSSR count). The van der Waals surface area contributed by atoms with Gasteiger partial charge < -0.3 is 14.7 Å². The molecule has 2 heterocycles. The molecule has 2 aromatic rings. The largest absolute Gasteiger partial charge is 0.359 e. The molecular formula is C15H16ClN3O2. The van der Waals surface area contributed by atoms with Gasteiger partial charge in [0.1, 0.15) is 0 Å². The first kappa shape index (κ1) is 13.9. The van der Waals surface area contributed by atoms with Crippen molar-refractivity contribution in [1.29, 1.82) is 0 Å². The predicted octanol–water partition coefficient (Wildman–Crippen LogP) is 4.01. The van der Waals surface area contributed by atoms with E-state index in [1.807, 2.05) is 13.0 Å². The molecule has 110 valence electrons. The second kappa shape index (κ2) is 5.77. The zero-order valence-electron chi connectivity index (χ0n) is 11.7. The number of aromatic nitrogens is 1. The summed E-state index contributed by atoms with van der Waals surface area (Å²) in [5.41, 5.74) is 1.55. The molecule has 0 unspecified atom stereocenters. The Labute approximate surface area is 127 Å². The Morgan fingerprint density at radius 3 is 2.86 bits per heavy atom. The minimum Gasteiger partial charge on any atom is -0.359 e. The molecule has 1 N–H and O–H groups in total. The summed E-state index contributed by atoms with van der Waals surface area (Å²) in [4.78, 5) is 14.2. The lowest BCUT2D eigenvalue weighted by Crippen LogP contribution is -2.34. The number of carbonyl (C=O) groups is 1. The number of hydrogen-bond donors (Lipinski definition) is 1. The van der Waals surface area contributed by atoms with Crippen LogP contribution in [0.25, 0.3) is 0 Å². The van der Waals surface area contributed by atoms with Crippen LogP contribution in [0.3, 0.4) is 0 Å². The van der Waals surface area contributed by atoms with Gasteiger partial charge in [-0.25, -0.2) is 4.79 Å². The topological polar surface area (TPSA) is 58.4 Å². The Balaban J connectivity index is 1.72. The average Bonchev–Trinajstić information content (AvgIpc) is 3.09. The van der Waals surface area contributed by atoms with Gasteiger partial charge in [-0.05, 0) is 44.0 Å². The van der Waals surface area contributed by atoms with Gasteiger partial charge in [0.25, 0.3) is 0 Å². The molecular weight excluding hydrogens is 290 g/mol. The molecule has 2 amide bonds. The quantitative estimate of drug-likeness (QED) is 0.912. The normalized spacial score (nSPS) is 18.0. The molecule has 21 heavy (non-hydrogen) atoms. The van der Waals surface area contributed by atoms with E-state index in [0.717, 1.165) is 30.0 Å². The summed E-state index contributed by atoms with van der Waals surface area (Å²) < 4.78 is 5.31. The Morgan fingerprint density at radius 1 is 1.43 bits per heavy atom. The van der Waals surface area contributed by atoms with Gasteiger partial charge >= 0.3 is 6.03 Å². The Kier molecular flexibility index (Phi) is 3.84. The smallest absolute Gasteiger partial charge is 0.322 e. The molecule has 0 saturated carbocycles. The van der Waals surface area contributed by atoms with Gasteiger partial charge in [0.2, 0.25) is 0 Å². The number of amides is 2. The summed E-state index contributed by atoms with van der Waals surface area (Å²) in [7, 11) is 0. The highest BCUT2D eigenvalue weighted by Gasteiger charge is 2.32. The van der Waals surface area contributed by atoms with Crippen LogP contribution in [0, 0.1) is 6.92 Å². The van der Waals surface area contributed by atoms with Crippen molar-refractivity contribution in [3.8, 4) is 0 Å². The third-order valence-corrected chi connectivity index (χ3v) is 3.84. The number of aryl methyl sites for hydroxylation is 1. The first-order valence-electron chi connectivity index (χ1n) is 6.90. The maximum Gasteiger partial charge on any atom is 0.322 e. The van der Waals surface area contributed by atoms with E-state index in [1.165, 1.54) is 0 Å². The van der Waals surface area contributed by atoms with Crippen LogP contribution in [0.1, 0.15) is 30.3 Å². The highest BCUT2D eigenvalue weighted by atomic mass is 35.5. The fourth-order valence-electron chi connectivity index (χ4n) is 2.57. The fraction of sp³-hybridized carbons (Fsp3) is 0.333. The fourth-order valence-corrected chi connectivity index (χ4v) is 2.70. The van der Waals surface area contributed by atoms with Crippen LogP contribution in [0.5, 0.6) is 0 Å². The molecule has 6 heteroatoms. The Hall–Kier alpha value is -2.01. The number of nitrogens with one attached hydrogen (secondary N) is 1. The number of urea groups is 1. The number of rotatable bonds is 2. The second-order valence-corrected chi connectivity index (χ2v) is 5.60. The molecule has 5 nitrogen and oxygen atoms in total. The van der Waals surface area contributed by atoms with Crippen LogP contribution < -0.4 is 5.32 Å². The zero-order chi connectivity index (χ0) is 14.8. The van der Waals surface area contributed by atoms with E-state index in [4.69, 9.17) is 16.1 Å². The molecule has 1 atom stereocenters. The summed E-state index contributed by atoms with van der Waals surface area (Å²) >= 11 is 5.84. The zero-order valence-corrected chi connectivity index (χ0v) is 12.4. The lowest BCUT2D eigenvalue weighted by Gasteiger charge is -2.23. The Morgan fingerprint density at radius 2 is 2.19 bits per heavy atom. The molecule has 1 saturated heterocycles. The molecule has 1 fully saturated rings. The van der Waals surface area contributed by atoms with Gasteiger partial charge in [-0.3, -0.25) is 0 Å². The molecule has 0 aliphatic carbocycles. The maximum absolute atomic E-state index is 12.4. The van der Waals surface area contributed by atoms with E-state index in [0.29, 0.717) is 11.6 Å². The van der Waals surface area contributed by atoms with Gasteiger partial charge in [0, 0.05) is 23.3 Å². The molecule has 1 aliphatic rings. The van der Waals surface area contributed by atoms with E-state index in [2.05, 4.69) is 10.5 Å². The van der Waals surface area contributed by atoms with Crippen LogP contribution in [-0.4, -0.2) is 22.6 Å².